The fourth-order valence-corrected chi connectivity index (χ4v) is 1.76. The van der Waals surface area contributed by atoms with Crippen LogP contribution in [0, 0.1) is 0 Å². The van der Waals surface area contributed by atoms with Crippen LogP contribution in [0.1, 0.15) is 17.3 Å². The van der Waals surface area contributed by atoms with E-state index in [0.29, 0.717) is 4.83 Å². The molecule has 0 spiro atoms. The molecule has 1 aromatic heterocycles. The maximum Gasteiger partial charge on any atom is 0.0701 e. The molecule has 1 unspecified atom stereocenters. The third-order valence-electron chi connectivity index (χ3n) is 2.33. The molecule has 0 N–H and O–H groups in total. The molecule has 1 heterocycles. The van der Waals surface area contributed by atoms with Crippen molar-refractivity contribution in [3.05, 3.63) is 54.2 Å². The van der Waals surface area contributed by atoms with Gasteiger partial charge in [0.2, 0.25) is 0 Å². The summed E-state index contributed by atoms with van der Waals surface area (Å²) in [4.78, 5) is 4.71. The fraction of sp³-hybridized carbons (Fsp3) is 0.154. The van der Waals surface area contributed by atoms with Gasteiger partial charge in [0, 0.05) is 16.6 Å². The van der Waals surface area contributed by atoms with Crippen LogP contribution in [0.2, 0.25) is 0 Å². The fourth-order valence-electron chi connectivity index (χ4n) is 1.45. The van der Waals surface area contributed by atoms with Crippen molar-refractivity contribution in [2.45, 2.75) is 11.8 Å². The van der Waals surface area contributed by atoms with Crippen LogP contribution in [-0.2, 0) is 0 Å². The van der Waals surface area contributed by atoms with Gasteiger partial charge >= 0.3 is 0 Å². The quantitative estimate of drug-likeness (QED) is 0.739. The van der Waals surface area contributed by atoms with E-state index in [1.165, 1.54) is 5.56 Å². The Morgan fingerprint density at radius 2 is 1.80 bits per heavy atom. The maximum absolute atomic E-state index is 4.31. The van der Waals surface area contributed by atoms with E-state index in [2.05, 4.69) is 52.1 Å². The van der Waals surface area contributed by atoms with Gasteiger partial charge < -0.3 is 0 Å². The first-order valence-corrected chi connectivity index (χ1v) is 5.84. The summed E-state index contributed by atoms with van der Waals surface area (Å²) < 4.78 is 0. The largest absolute Gasteiger partial charge is 0.256 e. The van der Waals surface area contributed by atoms with Crippen LogP contribution in [0.3, 0.4) is 0 Å². The Balaban J connectivity index is 2.32. The molecule has 2 heteroatoms. The van der Waals surface area contributed by atoms with Crippen LogP contribution in [0.25, 0.3) is 11.3 Å². The zero-order valence-electron chi connectivity index (χ0n) is 8.52. The molecule has 0 radical (unpaired) electrons. The zero-order chi connectivity index (χ0) is 10.7. The molecule has 1 nitrogen and oxygen atoms in total. The van der Waals surface area contributed by atoms with E-state index in [1.807, 2.05) is 24.4 Å². The summed E-state index contributed by atoms with van der Waals surface area (Å²) in [7, 11) is 0. The topological polar surface area (TPSA) is 12.9 Å². The van der Waals surface area contributed by atoms with E-state index >= 15 is 0 Å². The first kappa shape index (κ1) is 10.4. The van der Waals surface area contributed by atoms with Gasteiger partial charge in [0.05, 0.1) is 5.69 Å². The summed E-state index contributed by atoms with van der Waals surface area (Å²) in [6.45, 7) is 2.12. The van der Waals surface area contributed by atoms with Gasteiger partial charge in [0.15, 0.2) is 0 Å². The molecule has 76 valence electrons. The highest BCUT2D eigenvalue weighted by Crippen LogP contribution is 2.24. The highest BCUT2D eigenvalue weighted by atomic mass is 79.9. The standard InChI is InChI=1S/C13H12BrN/c1-10(14)11-5-7-12(8-6-11)13-4-2-3-9-15-13/h2-10H,1H3. The number of hydrogen-bond acceptors (Lipinski definition) is 1. The third-order valence-corrected chi connectivity index (χ3v) is 2.86. The first-order valence-electron chi connectivity index (χ1n) is 4.93. The molecule has 0 saturated heterocycles. The average Bonchev–Trinajstić information content (AvgIpc) is 2.30. The second kappa shape index (κ2) is 4.58. The van der Waals surface area contributed by atoms with Crippen LogP contribution in [0.5, 0.6) is 0 Å². The smallest absolute Gasteiger partial charge is 0.0701 e. The van der Waals surface area contributed by atoms with Gasteiger partial charge in [-0.2, -0.15) is 0 Å². The molecule has 0 saturated carbocycles. The molecular weight excluding hydrogens is 250 g/mol. The number of hydrogen-bond donors (Lipinski definition) is 0. The van der Waals surface area contributed by atoms with Crippen LogP contribution < -0.4 is 0 Å². The number of benzene rings is 1. The monoisotopic (exact) mass is 261 g/mol. The maximum atomic E-state index is 4.31. The molecule has 2 aromatic rings. The molecule has 0 aliphatic rings. The minimum atomic E-state index is 0.398. The first-order chi connectivity index (χ1) is 7.27. The van der Waals surface area contributed by atoms with Crippen molar-refractivity contribution in [3.8, 4) is 11.3 Å². The molecule has 1 aromatic carbocycles. The number of alkyl halides is 1. The minimum Gasteiger partial charge on any atom is -0.256 e. The lowest BCUT2D eigenvalue weighted by atomic mass is 10.1. The van der Waals surface area contributed by atoms with Gasteiger partial charge in [-0.1, -0.05) is 46.3 Å². The summed E-state index contributed by atoms with van der Waals surface area (Å²) in [6, 6.07) is 14.4. The van der Waals surface area contributed by atoms with Crippen molar-refractivity contribution < 1.29 is 0 Å². The van der Waals surface area contributed by atoms with E-state index in [9.17, 15) is 0 Å². The Labute approximate surface area is 98.3 Å². The molecule has 2 rings (SSSR count). The van der Waals surface area contributed by atoms with E-state index < -0.39 is 0 Å². The molecule has 0 bridgehead atoms. The number of halogens is 1. The Morgan fingerprint density at radius 3 is 2.33 bits per heavy atom. The van der Waals surface area contributed by atoms with Crippen molar-refractivity contribution in [3.63, 3.8) is 0 Å². The molecule has 0 fully saturated rings. The van der Waals surface area contributed by atoms with Crippen molar-refractivity contribution >= 4 is 15.9 Å². The van der Waals surface area contributed by atoms with E-state index in [4.69, 9.17) is 0 Å². The third kappa shape index (κ3) is 2.45. The SMILES string of the molecule is CC(Br)c1ccc(-c2ccccn2)cc1. The van der Waals surface area contributed by atoms with Crippen molar-refractivity contribution in [1.29, 1.82) is 0 Å². The van der Waals surface area contributed by atoms with E-state index in [0.717, 1.165) is 11.3 Å². The van der Waals surface area contributed by atoms with Crippen molar-refractivity contribution in [2.75, 3.05) is 0 Å². The lowest BCUT2D eigenvalue weighted by molar-refractivity contribution is 1.12. The van der Waals surface area contributed by atoms with Gasteiger partial charge in [-0.05, 0) is 24.6 Å². The van der Waals surface area contributed by atoms with Crippen LogP contribution in [-0.4, -0.2) is 4.98 Å². The van der Waals surface area contributed by atoms with Crippen molar-refractivity contribution in [2.24, 2.45) is 0 Å². The van der Waals surface area contributed by atoms with Gasteiger partial charge in [-0.25, -0.2) is 0 Å². The summed E-state index contributed by atoms with van der Waals surface area (Å²) in [5.41, 5.74) is 3.47. The van der Waals surface area contributed by atoms with Gasteiger partial charge in [-0.3, -0.25) is 4.98 Å². The van der Waals surface area contributed by atoms with Crippen LogP contribution in [0.4, 0.5) is 0 Å². The van der Waals surface area contributed by atoms with Gasteiger partial charge in [0.1, 0.15) is 0 Å². The Hall–Kier alpha value is -1.15. The van der Waals surface area contributed by atoms with E-state index in [-0.39, 0.29) is 0 Å². The number of aromatic nitrogens is 1. The number of nitrogens with zero attached hydrogens (tertiary/aromatic N) is 1. The molecule has 1 atom stereocenters. The molecule has 0 amide bonds. The lowest BCUT2D eigenvalue weighted by Gasteiger charge is -2.05. The zero-order valence-corrected chi connectivity index (χ0v) is 10.1. The Morgan fingerprint density at radius 1 is 1.07 bits per heavy atom. The predicted octanol–water partition coefficient (Wildman–Crippen LogP) is 4.20. The lowest BCUT2D eigenvalue weighted by Crippen LogP contribution is -1.85. The van der Waals surface area contributed by atoms with Gasteiger partial charge in [-0.15, -0.1) is 0 Å². The summed E-state index contributed by atoms with van der Waals surface area (Å²) in [5.74, 6) is 0. The predicted molar refractivity (Wildman–Crippen MR) is 67.0 cm³/mol. The highest BCUT2D eigenvalue weighted by molar-refractivity contribution is 9.09. The average molecular weight is 262 g/mol. The second-order valence-corrected chi connectivity index (χ2v) is 4.83. The summed E-state index contributed by atoms with van der Waals surface area (Å²) >= 11 is 3.55. The molecule has 15 heavy (non-hydrogen) atoms. The highest BCUT2D eigenvalue weighted by Gasteiger charge is 2.01. The number of rotatable bonds is 2. The Kier molecular flexibility index (Phi) is 3.17. The summed E-state index contributed by atoms with van der Waals surface area (Å²) in [5, 5.41) is 0. The van der Waals surface area contributed by atoms with Crippen LogP contribution in [0.15, 0.2) is 48.7 Å². The summed E-state index contributed by atoms with van der Waals surface area (Å²) in [6.07, 6.45) is 1.82. The van der Waals surface area contributed by atoms with Crippen molar-refractivity contribution in [1.82, 2.24) is 4.98 Å². The Bertz CT molecular complexity index is 420. The number of pyridine rings is 1. The second-order valence-electron chi connectivity index (χ2n) is 3.45. The van der Waals surface area contributed by atoms with Crippen LogP contribution >= 0.6 is 15.9 Å². The van der Waals surface area contributed by atoms with Gasteiger partial charge in [0.25, 0.3) is 0 Å². The van der Waals surface area contributed by atoms with E-state index in [1.54, 1.807) is 0 Å². The molecular formula is C13H12BrN. The normalized spacial score (nSPS) is 12.4. The molecule has 0 aliphatic heterocycles. The minimum absolute atomic E-state index is 0.398. The molecule has 0 aliphatic carbocycles.